The average molecular weight is 593 g/mol. The Morgan fingerprint density at radius 3 is 2.48 bits per heavy atom. The van der Waals surface area contributed by atoms with E-state index < -0.39 is 76.7 Å². The number of carbonyl (C=O) groups is 3. The van der Waals surface area contributed by atoms with Gasteiger partial charge in [-0.05, 0) is 62.9 Å². The fraction of sp³-hybridized carbons (Fsp3) is 0.839. The summed E-state index contributed by atoms with van der Waals surface area (Å²) in [7, 11) is 0. The van der Waals surface area contributed by atoms with E-state index in [0.717, 1.165) is 11.9 Å². The summed E-state index contributed by atoms with van der Waals surface area (Å²) in [5, 5.41) is 45.0. The molecule has 4 saturated carbocycles. The van der Waals surface area contributed by atoms with Crippen LogP contribution in [0.25, 0.3) is 0 Å². The van der Waals surface area contributed by atoms with Gasteiger partial charge in [-0.15, -0.1) is 0 Å². The van der Waals surface area contributed by atoms with Crippen molar-refractivity contribution in [3.8, 4) is 0 Å². The first-order chi connectivity index (χ1) is 19.8. The molecule has 2 aliphatic heterocycles. The number of aldehydes is 1. The second kappa shape index (κ2) is 10.3. The lowest BCUT2D eigenvalue weighted by Gasteiger charge is -2.65. The molecule has 42 heavy (non-hydrogen) atoms. The lowest BCUT2D eigenvalue weighted by Crippen LogP contribution is -2.69. The fourth-order valence-corrected chi connectivity index (χ4v) is 10.1. The summed E-state index contributed by atoms with van der Waals surface area (Å²) in [6.07, 6.45) is 1.34. The van der Waals surface area contributed by atoms with Gasteiger partial charge in [-0.3, -0.25) is 4.79 Å². The molecule has 0 aromatic carbocycles. The number of rotatable bonds is 5. The highest BCUT2D eigenvalue weighted by Gasteiger charge is 2.73. The van der Waals surface area contributed by atoms with Crippen LogP contribution in [-0.4, -0.2) is 93.3 Å². The number of carbonyl (C=O) groups excluding carboxylic acids is 3. The molecule has 234 valence electrons. The quantitative estimate of drug-likeness (QED) is 0.206. The van der Waals surface area contributed by atoms with Crippen molar-refractivity contribution in [2.24, 2.45) is 28.6 Å². The van der Waals surface area contributed by atoms with Crippen LogP contribution in [0.4, 0.5) is 0 Å². The Bertz CT molecular complexity index is 1140. The van der Waals surface area contributed by atoms with Crippen LogP contribution in [-0.2, 0) is 33.3 Å². The summed E-state index contributed by atoms with van der Waals surface area (Å²) in [6.45, 7) is 5.10. The van der Waals surface area contributed by atoms with Gasteiger partial charge in [0.05, 0.1) is 34.9 Å². The Hall–Kier alpha value is -1.89. The topological polar surface area (TPSA) is 169 Å². The number of aliphatic hydroxyl groups excluding tert-OH is 2. The van der Waals surface area contributed by atoms with Crippen LogP contribution in [0.15, 0.2) is 11.6 Å². The van der Waals surface area contributed by atoms with Crippen LogP contribution in [0.5, 0.6) is 0 Å². The summed E-state index contributed by atoms with van der Waals surface area (Å²) >= 11 is 0. The molecule has 0 radical (unpaired) electrons. The van der Waals surface area contributed by atoms with E-state index in [4.69, 9.17) is 18.9 Å². The van der Waals surface area contributed by atoms with E-state index in [-0.39, 0.29) is 37.7 Å². The van der Waals surface area contributed by atoms with Gasteiger partial charge in [-0.1, -0.05) is 6.92 Å². The van der Waals surface area contributed by atoms with Crippen LogP contribution in [0.1, 0.15) is 78.6 Å². The molecule has 3 unspecified atom stereocenters. The minimum absolute atomic E-state index is 0.0971. The molecule has 1 saturated heterocycles. The maximum absolute atomic E-state index is 13.1. The Labute approximate surface area is 245 Å². The van der Waals surface area contributed by atoms with Crippen molar-refractivity contribution in [1.82, 2.24) is 0 Å². The molecule has 0 aromatic rings. The van der Waals surface area contributed by atoms with E-state index in [9.17, 15) is 34.8 Å². The van der Waals surface area contributed by atoms with E-state index >= 15 is 0 Å². The maximum atomic E-state index is 13.1. The number of aliphatic hydroxyl groups is 4. The molecule has 11 nitrogen and oxygen atoms in total. The van der Waals surface area contributed by atoms with Crippen molar-refractivity contribution in [1.29, 1.82) is 0 Å². The normalized spacial score (nSPS) is 51.9. The van der Waals surface area contributed by atoms with E-state index in [2.05, 4.69) is 0 Å². The highest BCUT2D eigenvalue weighted by Crippen LogP contribution is 2.70. The molecule has 2 heterocycles. The summed E-state index contributed by atoms with van der Waals surface area (Å²) in [6, 6.07) is 0. The summed E-state index contributed by atoms with van der Waals surface area (Å²) in [5.41, 5.74) is -3.72. The molecular weight excluding hydrogens is 548 g/mol. The number of fused-ring (bicyclic) bond motifs is 5. The molecule has 4 aliphatic carbocycles. The predicted molar refractivity (Wildman–Crippen MR) is 144 cm³/mol. The number of ether oxygens (including phenoxy) is 4. The van der Waals surface area contributed by atoms with Crippen LogP contribution in [0.2, 0.25) is 0 Å². The zero-order chi connectivity index (χ0) is 30.2. The van der Waals surface area contributed by atoms with Crippen LogP contribution in [0.3, 0.4) is 0 Å². The fourth-order valence-electron chi connectivity index (χ4n) is 10.1. The lowest BCUT2D eigenvalue weighted by atomic mass is 9.41. The van der Waals surface area contributed by atoms with Crippen molar-refractivity contribution in [2.75, 3.05) is 6.61 Å². The third kappa shape index (κ3) is 4.33. The van der Waals surface area contributed by atoms with Crippen molar-refractivity contribution in [3.05, 3.63) is 11.6 Å². The van der Waals surface area contributed by atoms with Crippen LogP contribution in [0, 0.1) is 28.6 Å². The van der Waals surface area contributed by atoms with Gasteiger partial charge in [0, 0.05) is 43.6 Å². The van der Waals surface area contributed by atoms with Crippen molar-refractivity contribution < 1.29 is 53.8 Å². The van der Waals surface area contributed by atoms with Gasteiger partial charge in [-0.2, -0.15) is 0 Å². The third-order valence-corrected chi connectivity index (χ3v) is 12.1. The lowest BCUT2D eigenvalue weighted by molar-refractivity contribution is -0.286. The molecular formula is C31H44O11. The maximum Gasteiger partial charge on any atom is 0.331 e. The van der Waals surface area contributed by atoms with Gasteiger partial charge < -0.3 is 44.2 Å². The first-order valence-electron chi connectivity index (χ1n) is 15.4. The second-order valence-corrected chi connectivity index (χ2v) is 14.0. The predicted octanol–water partition coefficient (Wildman–Crippen LogP) is 1.32. The number of hydrogen-bond acceptors (Lipinski definition) is 11. The number of cyclic esters (lactones) is 1. The second-order valence-electron chi connectivity index (χ2n) is 14.0. The van der Waals surface area contributed by atoms with Crippen molar-refractivity contribution in [2.45, 2.75) is 127 Å². The summed E-state index contributed by atoms with van der Waals surface area (Å²) in [5.74, 6) is -1.91. The molecule has 6 rings (SSSR count). The van der Waals surface area contributed by atoms with Gasteiger partial charge in [0.15, 0.2) is 6.29 Å². The molecule has 0 aromatic heterocycles. The summed E-state index contributed by atoms with van der Waals surface area (Å²) in [4.78, 5) is 37.2. The monoisotopic (exact) mass is 592 g/mol. The summed E-state index contributed by atoms with van der Waals surface area (Å²) < 4.78 is 22.9. The van der Waals surface area contributed by atoms with Gasteiger partial charge in [0.2, 0.25) is 0 Å². The first-order valence-corrected chi connectivity index (χ1v) is 15.4. The van der Waals surface area contributed by atoms with Gasteiger partial charge in [0.25, 0.3) is 0 Å². The van der Waals surface area contributed by atoms with Gasteiger partial charge in [0.1, 0.15) is 25.1 Å². The average Bonchev–Trinajstić information content (AvgIpc) is 3.43. The number of esters is 2. The molecule has 6 aliphatic rings. The molecule has 0 amide bonds. The first kappa shape index (κ1) is 30.1. The standard InChI is InChI=1S/C31H44O11/c1-16-27(36)22(34)11-25(40-16)42-19-4-8-29(15-32)20-5-7-28(3)26(18-10-24(35)39-14-18)23(41-17(2)33)13-31(28,38)21(20)6-9-30(29,37)12-19/h10,15-16,19-23,25-27,34,36-38H,4-9,11-14H2,1-3H3/t16-,19?,20+,21-,22+,23?,25+,26+,27-,28-,29+,30?,31+/m1/s1. The molecule has 11 heteroatoms. The Morgan fingerprint density at radius 2 is 1.83 bits per heavy atom. The van der Waals surface area contributed by atoms with E-state index in [1.165, 1.54) is 13.0 Å². The van der Waals surface area contributed by atoms with Crippen LogP contribution >= 0.6 is 0 Å². The van der Waals surface area contributed by atoms with Gasteiger partial charge >= 0.3 is 11.9 Å². The molecule has 0 bridgehead atoms. The minimum Gasteiger partial charge on any atom is -0.462 e. The highest BCUT2D eigenvalue weighted by molar-refractivity contribution is 5.85. The Balaban J connectivity index is 1.26. The van der Waals surface area contributed by atoms with Crippen LogP contribution < -0.4 is 0 Å². The zero-order valence-corrected chi connectivity index (χ0v) is 24.6. The van der Waals surface area contributed by atoms with Gasteiger partial charge in [-0.25, -0.2) is 4.79 Å². The van der Waals surface area contributed by atoms with Crippen molar-refractivity contribution in [3.63, 3.8) is 0 Å². The molecule has 0 spiro atoms. The van der Waals surface area contributed by atoms with E-state index in [0.29, 0.717) is 38.5 Å². The Kier molecular flexibility index (Phi) is 7.42. The largest absolute Gasteiger partial charge is 0.462 e. The third-order valence-electron chi connectivity index (χ3n) is 12.1. The molecule has 13 atom stereocenters. The molecule has 5 fully saturated rings. The van der Waals surface area contributed by atoms with E-state index in [1.54, 1.807) is 6.92 Å². The Morgan fingerprint density at radius 1 is 1.10 bits per heavy atom. The highest BCUT2D eigenvalue weighted by atomic mass is 16.7. The number of hydrogen-bond donors (Lipinski definition) is 4. The zero-order valence-electron chi connectivity index (χ0n) is 24.6. The minimum atomic E-state index is -1.34. The SMILES string of the molecule is CC(=O)OC1C[C@]2(O)[C@@H]3CCC4(O)CC(O[C@H]5C[C@H](O)[C@H](O)[C@@H](C)O5)CC[C@]4(C=O)[C@H]3CC[C@]2(C)[C@H]1C1=CC(=O)OC1. The van der Waals surface area contributed by atoms with E-state index in [1.807, 2.05) is 6.92 Å². The van der Waals surface area contributed by atoms with Crippen molar-refractivity contribution >= 4 is 18.2 Å². The molecule has 4 N–H and O–H groups in total. The smallest absolute Gasteiger partial charge is 0.331 e.